The number of hydrogen-bond donors (Lipinski definition) is 1. The summed E-state index contributed by atoms with van der Waals surface area (Å²) < 4.78 is 1.68. The Morgan fingerprint density at radius 3 is 2.80 bits per heavy atom. The zero-order valence-electron chi connectivity index (χ0n) is 8.01. The molecule has 2 aromatic rings. The molecule has 2 aromatic heterocycles. The first-order valence-electron chi connectivity index (χ1n) is 4.14. The van der Waals surface area contributed by atoms with Gasteiger partial charge in [0.2, 0.25) is 0 Å². The molecule has 0 bridgehead atoms. The summed E-state index contributed by atoms with van der Waals surface area (Å²) in [6.07, 6.45) is 5.26. The van der Waals surface area contributed by atoms with Gasteiger partial charge in [-0.3, -0.25) is 4.98 Å². The highest BCUT2D eigenvalue weighted by atomic mass is 35.5. The fourth-order valence-electron chi connectivity index (χ4n) is 1.14. The van der Waals surface area contributed by atoms with Gasteiger partial charge in [0.25, 0.3) is 0 Å². The quantitative estimate of drug-likeness (QED) is 0.883. The third kappa shape index (κ3) is 2.40. The largest absolute Gasteiger partial charge is 0.384 e. The molecule has 0 unspecified atom stereocenters. The van der Waals surface area contributed by atoms with Crippen LogP contribution >= 0.6 is 24.0 Å². The molecule has 0 aromatic carbocycles. The molecule has 1 N–H and O–H groups in total. The second-order valence-corrected chi connectivity index (χ2v) is 3.10. The van der Waals surface area contributed by atoms with Gasteiger partial charge in [-0.25, -0.2) is 4.68 Å². The van der Waals surface area contributed by atoms with Crippen LogP contribution in [-0.2, 0) is 0 Å². The van der Waals surface area contributed by atoms with E-state index >= 15 is 0 Å². The van der Waals surface area contributed by atoms with Crippen molar-refractivity contribution in [2.24, 2.45) is 0 Å². The molecule has 0 aliphatic rings. The highest BCUT2D eigenvalue weighted by Gasteiger charge is 2.05. The van der Waals surface area contributed by atoms with Crippen molar-refractivity contribution in [2.75, 3.05) is 12.4 Å². The van der Waals surface area contributed by atoms with Crippen molar-refractivity contribution in [1.82, 2.24) is 14.8 Å². The number of nitrogens with one attached hydrogen (secondary N) is 1. The van der Waals surface area contributed by atoms with Gasteiger partial charge in [-0.2, -0.15) is 5.10 Å². The Kier molecular flexibility index (Phi) is 3.94. The van der Waals surface area contributed by atoms with E-state index in [-0.39, 0.29) is 12.4 Å². The molecule has 6 heteroatoms. The first-order valence-corrected chi connectivity index (χ1v) is 4.52. The van der Waals surface area contributed by atoms with Gasteiger partial charge in [0, 0.05) is 13.2 Å². The molecule has 2 heterocycles. The van der Waals surface area contributed by atoms with Crippen molar-refractivity contribution in [2.45, 2.75) is 0 Å². The zero-order valence-corrected chi connectivity index (χ0v) is 9.59. The van der Waals surface area contributed by atoms with E-state index in [0.29, 0.717) is 5.15 Å². The Hall–Kier alpha value is -1.26. The van der Waals surface area contributed by atoms with Crippen molar-refractivity contribution in [3.8, 4) is 5.69 Å². The van der Waals surface area contributed by atoms with Crippen LogP contribution in [0.1, 0.15) is 0 Å². The number of nitrogens with zero attached hydrogens (tertiary/aromatic N) is 3. The summed E-state index contributed by atoms with van der Waals surface area (Å²) in [5.41, 5.74) is 1.69. The maximum atomic E-state index is 5.88. The molecule has 0 atom stereocenters. The third-order valence-electron chi connectivity index (χ3n) is 1.85. The topological polar surface area (TPSA) is 42.7 Å². The van der Waals surface area contributed by atoms with E-state index in [2.05, 4.69) is 15.4 Å². The maximum absolute atomic E-state index is 5.88. The van der Waals surface area contributed by atoms with E-state index in [9.17, 15) is 0 Å². The molecule has 0 saturated heterocycles. The molecule has 0 aliphatic carbocycles. The van der Waals surface area contributed by atoms with Gasteiger partial charge >= 0.3 is 0 Å². The Morgan fingerprint density at radius 2 is 2.27 bits per heavy atom. The molecule has 80 valence electrons. The minimum atomic E-state index is 0. The van der Waals surface area contributed by atoms with Crippen molar-refractivity contribution < 1.29 is 0 Å². The Balaban J connectivity index is 0.00000112. The highest BCUT2D eigenvalue weighted by molar-refractivity contribution is 6.31. The van der Waals surface area contributed by atoms with Crippen LogP contribution in [0.2, 0.25) is 5.15 Å². The number of halogens is 2. The molecule has 0 spiro atoms. The highest BCUT2D eigenvalue weighted by Crippen LogP contribution is 2.20. The summed E-state index contributed by atoms with van der Waals surface area (Å²) in [5, 5.41) is 7.54. The lowest BCUT2D eigenvalue weighted by Crippen LogP contribution is -1.94. The van der Waals surface area contributed by atoms with E-state index in [1.54, 1.807) is 24.1 Å². The fraction of sp³-hybridized carbons (Fsp3) is 0.111. The monoisotopic (exact) mass is 244 g/mol. The standard InChI is InChI=1S/C9H9ClN4.ClH/c1-11-8-6-14(13-9(8)10)7-3-2-4-12-5-7;/h2-6,11H,1H3;1H. The molecule has 0 fully saturated rings. The smallest absolute Gasteiger partial charge is 0.174 e. The molecule has 0 radical (unpaired) electrons. The lowest BCUT2D eigenvalue weighted by atomic mass is 10.4. The summed E-state index contributed by atoms with van der Waals surface area (Å²) in [5.74, 6) is 0. The fourth-order valence-corrected chi connectivity index (χ4v) is 1.37. The van der Waals surface area contributed by atoms with Gasteiger partial charge in [-0.1, -0.05) is 11.6 Å². The third-order valence-corrected chi connectivity index (χ3v) is 2.13. The zero-order chi connectivity index (χ0) is 9.97. The van der Waals surface area contributed by atoms with Gasteiger partial charge in [-0.05, 0) is 12.1 Å². The molecule has 0 aliphatic heterocycles. The van der Waals surface area contributed by atoms with Crippen LogP contribution in [0.5, 0.6) is 0 Å². The molecule has 0 saturated carbocycles. The summed E-state index contributed by atoms with van der Waals surface area (Å²) in [7, 11) is 1.80. The van der Waals surface area contributed by atoms with Crippen molar-refractivity contribution in [3.63, 3.8) is 0 Å². The van der Waals surface area contributed by atoms with E-state index in [1.807, 2.05) is 18.3 Å². The SMILES string of the molecule is CNc1cn(-c2cccnc2)nc1Cl.Cl. The molecular formula is C9H10Cl2N4. The normalized spacial score (nSPS) is 9.47. The van der Waals surface area contributed by atoms with Gasteiger partial charge < -0.3 is 5.32 Å². The van der Waals surface area contributed by atoms with Crippen molar-refractivity contribution in [3.05, 3.63) is 35.9 Å². The Labute approximate surface area is 98.7 Å². The van der Waals surface area contributed by atoms with Crippen LogP contribution < -0.4 is 5.32 Å². The van der Waals surface area contributed by atoms with Gasteiger partial charge in [0.1, 0.15) is 0 Å². The molecule has 0 amide bonds. The first kappa shape index (κ1) is 11.8. The van der Waals surface area contributed by atoms with E-state index < -0.39 is 0 Å². The van der Waals surface area contributed by atoms with Crippen LogP contribution in [0.4, 0.5) is 5.69 Å². The van der Waals surface area contributed by atoms with Crippen LogP contribution in [0.25, 0.3) is 5.69 Å². The Morgan fingerprint density at radius 1 is 1.47 bits per heavy atom. The van der Waals surface area contributed by atoms with E-state index in [1.165, 1.54) is 0 Å². The summed E-state index contributed by atoms with van der Waals surface area (Å²) in [6.45, 7) is 0. The number of pyridine rings is 1. The average molecular weight is 245 g/mol. The average Bonchev–Trinajstić information content (AvgIpc) is 2.61. The van der Waals surface area contributed by atoms with Crippen LogP contribution in [0, 0.1) is 0 Å². The summed E-state index contributed by atoms with van der Waals surface area (Å²) in [4.78, 5) is 4.00. The van der Waals surface area contributed by atoms with Gasteiger partial charge in [0.15, 0.2) is 5.15 Å². The van der Waals surface area contributed by atoms with Gasteiger partial charge in [0.05, 0.1) is 23.8 Å². The second kappa shape index (κ2) is 5.00. The van der Waals surface area contributed by atoms with E-state index in [0.717, 1.165) is 11.4 Å². The second-order valence-electron chi connectivity index (χ2n) is 2.74. The van der Waals surface area contributed by atoms with Crippen molar-refractivity contribution >= 4 is 29.7 Å². The molecule has 2 rings (SSSR count). The van der Waals surface area contributed by atoms with E-state index in [4.69, 9.17) is 11.6 Å². The van der Waals surface area contributed by atoms with Crippen LogP contribution in [-0.4, -0.2) is 21.8 Å². The lowest BCUT2D eigenvalue weighted by molar-refractivity contribution is 0.874. The predicted octanol–water partition coefficient (Wildman–Crippen LogP) is 2.38. The maximum Gasteiger partial charge on any atom is 0.174 e. The number of anilines is 1. The number of rotatable bonds is 2. The van der Waals surface area contributed by atoms with Crippen molar-refractivity contribution in [1.29, 1.82) is 0 Å². The van der Waals surface area contributed by atoms with Crippen LogP contribution in [0.15, 0.2) is 30.7 Å². The van der Waals surface area contributed by atoms with Crippen LogP contribution in [0.3, 0.4) is 0 Å². The predicted molar refractivity (Wildman–Crippen MR) is 63.2 cm³/mol. The lowest BCUT2D eigenvalue weighted by Gasteiger charge is -1.97. The summed E-state index contributed by atoms with van der Waals surface area (Å²) >= 11 is 5.88. The minimum Gasteiger partial charge on any atom is -0.384 e. The number of hydrogen-bond acceptors (Lipinski definition) is 3. The molecular weight excluding hydrogens is 235 g/mol. The summed E-state index contributed by atoms with van der Waals surface area (Å²) in [6, 6.07) is 3.76. The number of aromatic nitrogens is 3. The molecule has 15 heavy (non-hydrogen) atoms. The van der Waals surface area contributed by atoms with Gasteiger partial charge in [-0.15, -0.1) is 12.4 Å². The Bertz CT molecular complexity index is 427. The first-order chi connectivity index (χ1) is 6.81. The minimum absolute atomic E-state index is 0. The molecule has 4 nitrogen and oxygen atoms in total.